The van der Waals surface area contributed by atoms with Crippen LogP contribution in [-0.4, -0.2) is 40.9 Å². The minimum absolute atomic E-state index is 0.350. The molecule has 0 N–H and O–H groups in total. The van der Waals surface area contributed by atoms with Gasteiger partial charge in [0.15, 0.2) is 17.7 Å². The van der Waals surface area contributed by atoms with E-state index in [4.69, 9.17) is 0 Å². The summed E-state index contributed by atoms with van der Waals surface area (Å²) >= 11 is 0. The van der Waals surface area contributed by atoms with Crippen LogP contribution in [0.25, 0.3) is 0 Å². The maximum Gasteiger partial charge on any atom is 0.198 e. The molecule has 0 aliphatic carbocycles. The lowest BCUT2D eigenvalue weighted by atomic mass is 10.6. The fourth-order valence-electron chi connectivity index (χ4n) is 0.462. The summed E-state index contributed by atoms with van der Waals surface area (Å²) in [7, 11) is -4.36. The third-order valence-electron chi connectivity index (χ3n) is 0.923. The summed E-state index contributed by atoms with van der Waals surface area (Å²) in [6, 6.07) is 0. The second-order valence-corrected chi connectivity index (χ2v) is 11.5. The molecule has 0 bridgehead atoms. The van der Waals surface area contributed by atoms with Crippen molar-refractivity contribution in [2.45, 2.75) is 0 Å². The Morgan fingerprint density at radius 1 is 0.857 bits per heavy atom. The summed E-state index contributed by atoms with van der Waals surface area (Å²) in [6.07, 6.45) is 5.56. The first kappa shape index (κ1) is 14.3. The molecule has 0 amide bonds. The second-order valence-electron chi connectivity index (χ2n) is 2.45. The lowest BCUT2D eigenvalue weighted by Crippen LogP contribution is -1.90. The molecular formula is C6H12O4S4. The van der Waals surface area contributed by atoms with Crippen molar-refractivity contribution in [2.75, 3.05) is 24.0 Å². The molecule has 0 rings (SSSR count). The molecular weight excluding hydrogens is 264 g/mol. The Bertz CT molecular complexity index is 340. The molecule has 0 aromatic rings. The van der Waals surface area contributed by atoms with Gasteiger partial charge in [-0.25, -0.2) is 16.8 Å². The van der Waals surface area contributed by atoms with Gasteiger partial charge in [-0.2, -0.15) is 0 Å². The van der Waals surface area contributed by atoms with Gasteiger partial charge in [0.25, 0.3) is 0 Å². The Kier molecular flexibility index (Phi) is 6.19. The molecule has 84 valence electrons. The SMILES string of the molecule is CS(=O)(=O)SCC=CCSS(C)(=O)=O. The minimum Gasteiger partial charge on any atom is -0.218 e. The van der Waals surface area contributed by atoms with Crippen molar-refractivity contribution in [3.8, 4) is 0 Å². The van der Waals surface area contributed by atoms with Crippen molar-refractivity contribution in [1.29, 1.82) is 0 Å². The van der Waals surface area contributed by atoms with E-state index < -0.39 is 17.7 Å². The first-order valence-corrected chi connectivity index (χ1v) is 10.3. The minimum atomic E-state index is -3.00. The van der Waals surface area contributed by atoms with E-state index in [1.54, 1.807) is 12.2 Å². The van der Waals surface area contributed by atoms with Crippen LogP contribution in [-0.2, 0) is 17.7 Å². The van der Waals surface area contributed by atoms with Gasteiger partial charge in [-0.1, -0.05) is 12.2 Å². The average Bonchev–Trinajstić information content (AvgIpc) is 1.92. The second kappa shape index (κ2) is 6.04. The standard InChI is InChI=1S/C6H12O4S4/c1-13(7,8)11-5-3-4-6-12-14(2,9)10/h3-4H,5-6H2,1-2H3. The molecule has 4 nitrogen and oxygen atoms in total. The van der Waals surface area contributed by atoms with Gasteiger partial charge in [0.1, 0.15) is 0 Å². The molecule has 0 radical (unpaired) electrons. The smallest absolute Gasteiger partial charge is 0.198 e. The van der Waals surface area contributed by atoms with E-state index >= 15 is 0 Å². The van der Waals surface area contributed by atoms with E-state index in [1.807, 2.05) is 0 Å². The molecule has 0 unspecified atom stereocenters. The molecule has 0 aromatic heterocycles. The molecule has 8 heteroatoms. The molecule has 14 heavy (non-hydrogen) atoms. The molecule has 0 saturated carbocycles. The van der Waals surface area contributed by atoms with Crippen molar-refractivity contribution in [3.05, 3.63) is 12.2 Å². The lowest BCUT2D eigenvalue weighted by molar-refractivity contribution is 0.614. The average molecular weight is 276 g/mol. The monoisotopic (exact) mass is 276 g/mol. The van der Waals surface area contributed by atoms with Crippen LogP contribution in [0.2, 0.25) is 0 Å². The zero-order chi connectivity index (χ0) is 11.2. The number of rotatable bonds is 6. The van der Waals surface area contributed by atoms with Crippen molar-refractivity contribution < 1.29 is 16.8 Å². The quantitative estimate of drug-likeness (QED) is 0.531. The summed E-state index contributed by atoms with van der Waals surface area (Å²) < 4.78 is 42.6. The van der Waals surface area contributed by atoms with Crippen LogP contribution in [0, 0.1) is 0 Å². The van der Waals surface area contributed by atoms with Crippen molar-refractivity contribution in [3.63, 3.8) is 0 Å². The third kappa shape index (κ3) is 12.3. The Labute approximate surface area is 92.2 Å². The zero-order valence-electron chi connectivity index (χ0n) is 7.83. The molecule has 0 aromatic carbocycles. The van der Waals surface area contributed by atoms with E-state index in [1.165, 1.54) is 0 Å². The molecule has 0 heterocycles. The Morgan fingerprint density at radius 2 is 1.14 bits per heavy atom. The zero-order valence-corrected chi connectivity index (χ0v) is 11.1. The van der Waals surface area contributed by atoms with Gasteiger partial charge < -0.3 is 0 Å². The van der Waals surface area contributed by atoms with Crippen LogP contribution in [0.5, 0.6) is 0 Å². The van der Waals surface area contributed by atoms with Gasteiger partial charge in [0.2, 0.25) is 0 Å². The number of hydrogen-bond acceptors (Lipinski definition) is 6. The molecule has 0 atom stereocenters. The summed E-state index contributed by atoms with van der Waals surface area (Å²) in [4.78, 5) is 0. The van der Waals surface area contributed by atoms with E-state index in [2.05, 4.69) is 0 Å². The van der Waals surface area contributed by atoms with E-state index in [0.717, 1.165) is 34.1 Å². The third-order valence-corrected chi connectivity index (χ3v) is 5.82. The van der Waals surface area contributed by atoms with E-state index in [0.29, 0.717) is 11.5 Å². The molecule has 0 aliphatic heterocycles. The fourth-order valence-corrected chi connectivity index (χ4v) is 3.34. The van der Waals surface area contributed by atoms with Crippen LogP contribution in [0.15, 0.2) is 12.2 Å². The Hall–Kier alpha value is 0.340. The fraction of sp³-hybridized carbons (Fsp3) is 0.667. The van der Waals surface area contributed by atoms with Crippen LogP contribution >= 0.6 is 21.6 Å². The van der Waals surface area contributed by atoms with Crippen LogP contribution < -0.4 is 0 Å². The highest BCUT2D eigenvalue weighted by molar-refractivity contribution is 8.72. The lowest BCUT2D eigenvalue weighted by Gasteiger charge is -1.92. The summed E-state index contributed by atoms with van der Waals surface area (Å²) in [6.45, 7) is 0. The van der Waals surface area contributed by atoms with Gasteiger partial charge >= 0.3 is 0 Å². The van der Waals surface area contributed by atoms with Crippen molar-refractivity contribution in [2.24, 2.45) is 0 Å². The van der Waals surface area contributed by atoms with Crippen LogP contribution in [0.3, 0.4) is 0 Å². The molecule has 0 spiro atoms. The van der Waals surface area contributed by atoms with Gasteiger partial charge in [-0.05, 0) is 21.6 Å². The van der Waals surface area contributed by atoms with Crippen LogP contribution in [0.1, 0.15) is 0 Å². The summed E-state index contributed by atoms with van der Waals surface area (Å²) in [5, 5.41) is 0. The predicted octanol–water partition coefficient (Wildman–Crippen LogP) is 0.928. The highest BCUT2D eigenvalue weighted by Crippen LogP contribution is 2.11. The molecule has 0 saturated heterocycles. The largest absolute Gasteiger partial charge is 0.218 e. The Balaban J connectivity index is 3.67. The highest BCUT2D eigenvalue weighted by atomic mass is 33.1. The van der Waals surface area contributed by atoms with Crippen LogP contribution in [0.4, 0.5) is 0 Å². The molecule has 0 aliphatic rings. The predicted molar refractivity (Wildman–Crippen MR) is 63.7 cm³/mol. The number of hydrogen-bond donors (Lipinski definition) is 0. The van der Waals surface area contributed by atoms with Gasteiger partial charge in [0.05, 0.1) is 0 Å². The van der Waals surface area contributed by atoms with Gasteiger partial charge in [0, 0.05) is 24.0 Å². The maximum atomic E-state index is 10.7. The summed E-state index contributed by atoms with van der Waals surface area (Å²) in [5.41, 5.74) is 0. The normalized spacial score (nSPS) is 13.6. The summed E-state index contributed by atoms with van der Waals surface area (Å²) in [5.74, 6) is 0.701. The van der Waals surface area contributed by atoms with E-state index in [9.17, 15) is 16.8 Å². The van der Waals surface area contributed by atoms with E-state index in [-0.39, 0.29) is 0 Å². The highest BCUT2D eigenvalue weighted by Gasteiger charge is 2.00. The van der Waals surface area contributed by atoms with Gasteiger partial charge in [-0.15, -0.1) is 0 Å². The van der Waals surface area contributed by atoms with Crippen molar-refractivity contribution >= 4 is 39.3 Å². The molecule has 0 fully saturated rings. The topological polar surface area (TPSA) is 68.3 Å². The first-order valence-electron chi connectivity index (χ1n) is 3.54. The van der Waals surface area contributed by atoms with Gasteiger partial charge in [-0.3, -0.25) is 0 Å². The maximum absolute atomic E-state index is 10.7. The van der Waals surface area contributed by atoms with Crippen molar-refractivity contribution in [1.82, 2.24) is 0 Å². The first-order chi connectivity index (χ1) is 6.21. The Morgan fingerprint density at radius 3 is 1.36 bits per heavy atom.